The predicted octanol–water partition coefficient (Wildman–Crippen LogP) is 2.69. The molecule has 0 saturated heterocycles. The Kier molecular flexibility index (Phi) is 661. The van der Waals surface area contributed by atoms with Crippen molar-refractivity contribution in [3.8, 4) is 0 Å². The number of halogens is 5. The second-order valence-electron chi connectivity index (χ2n) is 0. The van der Waals surface area contributed by atoms with Crippen LogP contribution in [0.3, 0.4) is 0 Å². The van der Waals surface area contributed by atoms with Gasteiger partial charge in [0.15, 0.2) is 0 Å². The fourth-order valence-corrected chi connectivity index (χ4v) is 0. The third kappa shape index (κ3) is 60.1. The van der Waals surface area contributed by atoms with Crippen molar-refractivity contribution in [1.29, 1.82) is 0 Å². The van der Waals surface area contributed by atoms with Gasteiger partial charge in [-0.05, 0) is 0 Å². The quantitative estimate of drug-likeness (QED) is 0.551. The summed E-state index contributed by atoms with van der Waals surface area (Å²) in [7, 11) is 0. The van der Waals surface area contributed by atoms with E-state index in [0.29, 0.717) is 0 Å². The Bertz CT molecular complexity index is 8.04. The van der Waals surface area contributed by atoms with E-state index in [1.54, 1.807) is 0 Å². The molecule has 0 atom stereocenters. The standard InChI is InChI=1S/CH3.5ClH.Hg/h1H3;5*1H;. The normalized spacial score (nSPS) is 1.00. The summed E-state index contributed by atoms with van der Waals surface area (Å²) in [4.78, 5) is 0. The maximum absolute atomic E-state index is 2.19. The van der Waals surface area contributed by atoms with Crippen LogP contribution in [0.4, 0.5) is 0 Å². The van der Waals surface area contributed by atoms with Gasteiger partial charge in [0.25, 0.3) is 0 Å². The first-order valence-electron chi connectivity index (χ1n) is 0.707. The van der Waals surface area contributed by atoms with Gasteiger partial charge < -0.3 is 0 Å². The Balaban J connectivity index is -0.000000000500. The summed E-state index contributed by atoms with van der Waals surface area (Å²) < 4.78 is 2.19. The average Bonchev–Trinajstić information content (AvgIpc) is 1.00. The Hall–Kier alpha value is 2.39. The summed E-state index contributed by atoms with van der Waals surface area (Å²) in [5.74, 6) is 0. The molecule has 0 aliphatic heterocycles. The number of hydrogen-bond donors (Lipinski definition) is 0. The van der Waals surface area contributed by atoms with Crippen LogP contribution < -0.4 is 0 Å². The molecule has 0 rings (SSSR count). The van der Waals surface area contributed by atoms with Crippen molar-refractivity contribution in [3.05, 3.63) is 0 Å². The van der Waals surface area contributed by atoms with Gasteiger partial charge in [0.1, 0.15) is 0 Å². The van der Waals surface area contributed by atoms with Crippen LogP contribution in [0.15, 0.2) is 0 Å². The van der Waals surface area contributed by atoms with Crippen LogP contribution in [0, 0.1) is 0 Å². The maximum atomic E-state index is 2.19. The molecule has 6 heteroatoms. The molecule has 0 heterocycles. The van der Waals surface area contributed by atoms with E-state index in [9.17, 15) is 0 Å². The molecule has 7 heavy (non-hydrogen) atoms. The third-order valence-corrected chi connectivity index (χ3v) is 0. The molecular formula is CH8Cl5Hg. The van der Waals surface area contributed by atoms with Gasteiger partial charge >= 0.3 is 30.6 Å². The summed E-state index contributed by atoms with van der Waals surface area (Å²) in [6.45, 7) is 0. The molecule has 0 fully saturated rings. The first-order valence-corrected chi connectivity index (χ1v) is 6.20. The zero-order valence-corrected chi connectivity index (χ0v) is 13.3. The average molecular weight is 398 g/mol. The van der Waals surface area contributed by atoms with Crippen molar-refractivity contribution in [3.63, 3.8) is 0 Å². The molecule has 0 N–H and O–H groups in total. The molecule has 0 nitrogen and oxygen atoms in total. The second kappa shape index (κ2) is 80.4. The summed E-state index contributed by atoms with van der Waals surface area (Å²) in [5, 5.41) is 0. The molecule has 0 radical (unpaired) electrons. The third-order valence-electron chi connectivity index (χ3n) is 0. The Morgan fingerprint density at radius 1 is 0.571 bits per heavy atom. The molecule has 0 amide bonds. The van der Waals surface area contributed by atoms with Crippen molar-refractivity contribution in [2.24, 2.45) is 0 Å². The summed E-state index contributed by atoms with van der Waals surface area (Å²) in [6, 6.07) is 0. The fraction of sp³-hybridized carbons (Fsp3) is 1.00. The summed E-state index contributed by atoms with van der Waals surface area (Å²) in [6.07, 6.45) is 0. The van der Waals surface area contributed by atoms with E-state index in [1.165, 1.54) is 0 Å². The van der Waals surface area contributed by atoms with Crippen LogP contribution in [0.1, 0.15) is 0 Å². The fourth-order valence-electron chi connectivity index (χ4n) is 0. The molecule has 0 aromatic heterocycles. The first-order chi connectivity index (χ1) is 1.00. The molecular weight excluding hydrogens is 390 g/mol. The van der Waals surface area contributed by atoms with E-state index >= 15 is 0 Å². The van der Waals surface area contributed by atoms with E-state index < -0.39 is 0 Å². The second-order valence-corrected chi connectivity index (χ2v) is 0. The van der Waals surface area contributed by atoms with E-state index in [1.807, 2.05) is 0 Å². The minimum absolute atomic E-state index is 0. The molecule has 0 bridgehead atoms. The van der Waals surface area contributed by atoms with Crippen molar-refractivity contribution in [2.75, 3.05) is 0 Å². The van der Waals surface area contributed by atoms with Crippen molar-refractivity contribution in [2.45, 2.75) is 4.43 Å². The van der Waals surface area contributed by atoms with Gasteiger partial charge in [0.05, 0.1) is 0 Å². The molecule has 0 aliphatic rings. The number of hydrogen-bond acceptors (Lipinski definition) is 0. The molecule has 49 valence electrons. The Labute approximate surface area is 91.6 Å². The zero-order chi connectivity index (χ0) is 2.00. The monoisotopic (exact) mass is 397 g/mol. The Morgan fingerprint density at radius 3 is 0.571 bits per heavy atom. The van der Waals surface area contributed by atoms with Crippen molar-refractivity contribution >= 4 is 62.0 Å². The predicted molar refractivity (Wildman–Crippen MR) is 42.1 cm³/mol. The van der Waals surface area contributed by atoms with Gasteiger partial charge in [-0.3, -0.25) is 0 Å². The van der Waals surface area contributed by atoms with Crippen LogP contribution in [0.25, 0.3) is 0 Å². The van der Waals surface area contributed by atoms with E-state index in [-0.39, 0.29) is 62.0 Å². The molecule has 0 unspecified atom stereocenters. The van der Waals surface area contributed by atoms with E-state index in [2.05, 4.69) is 4.43 Å². The molecule has 0 saturated carbocycles. The van der Waals surface area contributed by atoms with Gasteiger partial charge in [0, 0.05) is 0 Å². The van der Waals surface area contributed by atoms with Gasteiger partial charge in [-0.15, -0.1) is 62.0 Å². The van der Waals surface area contributed by atoms with Crippen LogP contribution in [-0.2, 0) is 26.1 Å². The van der Waals surface area contributed by atoms with Crippen LogP contribution >= 0.6 is 62.0 Å². The van der Waals surface area contributed by atoms with Crippen LogP contribution in [0.5, 0.6) is 0 Å². The van der Waals surface area contributed by atoms with Crippen LogP contribution in [-0.4, -0.2) is 0 Å². The molecule has 0 aliphatic carbocycles. The topological polar surface area (TPSA) is 0 Å². The number of rotatable bonds is 0. The zero-order valence-electron chi connectivity index (χ0n) is 3.75. The molecule has 0 aromatic carbocycles. The van der Waals surface area contributed by atoms with Gasteiger partial charge in [-0.25, -0.2) is 0 Å². The molecule has 0 spiro atoms. The van der Waals surface area contributed by atoms with Crippen LogP contribution in [0.2, 0.25) is 4.43 Å². The SMILES string of the molecule is Cl.Cl.Cl.Cl.Cl.[CH3][Hg]. The van der Waals surface area contributed by atoms with Gasteiger partial charge in [-0.1, -0.05) is 0 Å². The Morgan fingerprint density at radius 2 is 0.571 bits per heavy atom. The molecule has 0 aromatic rings. The van der Waals surface area contributed by atoms with Gasteiger partial charge in [-0.2, -0.15) is 0 Å². The summed E-state index contributed by atoms with van der Waals surface area (Å²) >= 11 is 1.03. The first kappa shape index (κ1) is 57.6. The van der Waals surface area contributed by atoms with E-state index in [0.717, 1.165) is 26.1 Å². The van der Waals surface area contributed by atoms with Gasteiger partial charge in [0.2, 0.25) is 0 Å². The summed E-state index contributed by atoms with van der Waals surface area (Å²) in [5.41, 5.74) is 0. The van der Waals surface area contributed by atoms with Crippen molar-refractivity contribution < 1.29 is 26.1 Å². The minimum atomic E-state index is 0. The van der Waals surface area contributed by atoms with Crippen molar-refractivity contribution in [1.82, 2.24) is 0 Å². The van der Waals surface area contributed by atoms with E-state index in [4.69, 9.17) is 0 Å².